The summed E-state index contributed by atoms with van der Waals surface area (Å²) >= 11 is 0. The molecule has 0 aromatic heterocycles. The van der Waals surface area contributed by atoms with Gasteiger partial charge in [-0.25, -0.2) is 0 Å². The Morgan fingerprint density at radius 3 is 2.00 bits per heavy atom. The average Bonchev–Trinajstić information content (AvgIpc) is 2.17. The molecule has 1 fully saturated rings. The lowest BCUT2D eigenvalue weighted by molar-refractivity contribution is 0.171. The zero-order valence-corrected chi connectivity index (χ0v) is 7.39. The number of rotatable bonds is 2. The van der Waals surface area contributed by atoms with Crippen LogP contribution in [0.4, 0.5) is 0 Å². The highest BCUT2D eigenvalue weighted by molar-refractivity contribution is 5.02. The second-order valence-electron chi connectivity index (χ2n) is 4.30. The van der Waals surface area contributed by atoms with E-state index in [1.807, 2.05) is 6.92 Å². The van der Waals surface area contributed by atoms with E-state index < -0.39 is 0 Å². The fourth-order valence-corrected chi connectivity index (χ4v) is 1.89. The molecule has 3 unspecified atom stereocenters. The van der Waals surface area contributed by atoms with Crippen LogP contribution in [-0.4, -0.2) is 11.2 Å². The molecule has 3 atom stereocenters. The standard InChI is InChI=1S/C9H18O/c1-6(10)5-8-7(2)9(8,3)4/h6-8,10H,5H2,1-4H3. The van der Waals surface area contributed by atoms with Crippen LogP contribution in [0.3, 0.4) is 0 Å². The molecule has 0 aromatic carbocycles. The third-order valence-corrected chi connectivity index (χ3v) is 3.22. The zero-order valence-electron chi connectivity index (χ0n) is 7.39. The lowest BCUT2D eigenvalue weighted by atomic mass is 10.1. The van der Waals surface area contributed by atoms with Gasteiger partial charge in [0.2, 0.25) is 0 Å². The van der Waals surface area contributed by atoms with Crippen molar-refractivity contribution >= 4 is 0 Å². The van der Waals surface area contributed by atoms with E-state index in [1.165, 1.54) is 0 Å². The molecule has 1 heteroatoms. The highest BCUT2D eigenvalue weighted by Gasteiger charge is 2.53. The van der Waals surface area contributed by atoms with Crippen molar-refractivity contribution in [2.45, 2.75) is 40.2 Å². The van der Waals surface area contributed by atoms with Crippen LogP contribution in [0.15, 0.2) is 0 Å². The Morgan fingerprint density at radius 1 is 1.50 bits per heavy atom. The summed E-state index contributed by atoms with van der Waals surface area (Å²) in [5.74, 6) is 1.56. The van der Waals surface area contributed by atoms with E-state index >= 15 is 0 Å². The van der Waals surface area contributed by atoms with Gasteiger partial charge in [-0.05, 0) is 30.6 Å². The third kappa shape index (κ3) is 1.20. The van der Waals surface area contributed by atoms with Crippen LogP contribution in [0, 0.1) is 17.3 Å². The van der Waals surface area contributed by atoms with E-state index in [0.717, 1.165) is 18.3 Å². The third-order valence-electron chi connectivity index (χ3n) is 3.22. The molecule has 0 heterocycles. The molecule has 1 aliphatic carbocycles. The van der Waals surface area contributed by atoms with Crippen molar-refractivity contribution in [2.24, 2.45) is 17.3 Å². The summed E-state index contributed by atoms with van der Waals surface area (Å²) in [6.45, 7) is 8.71. The van der Waals surface area contributed by atoms with E-state index in [9.17, 15) is 0 Å². The van der Waals surface area contributed by atoms with Gasteiger partial charge in [-0.3, -0.25) is 0 Å². The minimum absolute atomic E-state index is 0.116. The summed E-state index contributed by atoms with van der Waals surface area (Å²) in [5, 5.41) is 9.11. The van der Waals surface area contributed by atoms with Crippen LogP contribution in [0.5, 0.6) is 0 Å². The topological polar surface area (TPSA) is 20.2 Å². The molecule has 1 saturated carbocycles. The predicted octanol–water partition coefficient (Wildman–Crippen LogP) is 2.05. The van der Waals surface area contributed by atoms with Crippen molar-refractivity contribution in [3.05, 3.63) is 0 Å². The van der Waals surface area contributed by atoms with Crippen molar-refractivity contribution in [1.82, 2.24) is 0 Å². The molecule has 1 nitrogen and oxygen atoms in total. The first kappa shape index (κ1) is 8.06. The molecule has 0 saturated heterocycles. The van der Waals surface area contributed by atoms with Crippen LogP contribution < -0.4 is 0 Å². The van der Waals surface area contributed by atoms with Gasteiger partial charge in [0.05, 0.1) is 6.10 Å². The SMILES string of the molecule is CC(O)CC1C(C)C1(C)C. The molecule has 0 amide bonds. The molecule has 60 valence electrons. The van der Waals surface area contributed by atoms with Crippen LogP contribution in [0.1, 0.15) is 34.1 Å². The normalized spacial score (nSPS) is 39.3. The van der Waals surface area contributed by atoms with Gasteiger partial charge in [0, 0.05) is 0 Å². The van der Waals surface area contributed by atoms with Gasteiger partial charge < -0.3 is 5.11 Å². The largest absolute Gasteiger partial charge is 0.393 e. The van der Waals surface area contributed by atoms with E-state index in [1.54, 1.807) is 0 Å². The summed E-state index contributed by atoms with van der Waals surface area (Å²) in [6.07, 6.45) is 0.864. The summed E-state index contributed by atoms with van der Waals surface area (Å²) in [4.78, 5) is 0. The van der Waals surface area contributed by atoms with Gasteiger partial charge in [-0.15, -0.1) is 0 Å². The molecule has 0 radical (unpaired) electrons. The lowest BCUT2D eigenvalue weighted by Gasteiger charge is -2.04. The Morgan fingerprint density at radius 2 is 1.90 bits per heavy atom. The molecule has 1 aliphatic rings. The highest BCUT2D eigenvalue weighted by Crippen LogP contribution is 2.59. The monoisotopic (exact) mass is 142 g/mol. The second kappa shape index (κ2) is 2.23. The van der Waals surface area contributed by atoms with E-state index in [4.69, 9.17) is 5.11 Å². The fraction of sp³-hybridized carbons (Fsp3) is 1.00. The van der Waals surface area contributed by atoms with Crippen LogP contribution in [-0.2, 0) is 0 Å². The van der Waals surface area contributed by atoms with E-state index in [-0.39, 0.29) is 6.10 Å². The Labute approximate surface area is 63.4 Å². The van der Waals surface area contributed by atoms with Crippen molar-refractivity contribution < 1.29 is 5.11 Å². The van der Waals surface area contributed by atoms with Crippen molar-refractivity contribution in [2.75, 3.05) is 0 Å². The average molecular weight is 142 g/mol. The maximum Gasteiger partial charge on any atom is 0.0515 e. The molecule has 0 aromatic rings. The van der Waals surface area contributed by atoms with Gasteiger partial charge in [-0.1, -0.05) is 20.8 Å². The highest BCUT2D eigenvalue weighted by atomic mass is 16.3. The fourth-order valence-electron chi connectivity index (χ4n) is 1.89. The van der Waals surface area contributed by atoms with Crippen LogP contribution in [0.2, 0.25) is 0 Å². The molecule has 0 aliphatic heterocycles. The Balaban J connectivity index is 2.35. The van der Waals surface area contributed by atoms with Gasteiger partial charge in [0.25, 0.3) is 0 Å². The molecule has 1 N–H and O–H groups in total. The number of aliphatic hydroxyl groups is 1. The van der Waals surface area contributed by atoms with Gasteiger partial charge in [-0.2, -0.15) is 0 Å². The molecule has 0 spiro atoms. The van der Waals surface area contributed by atoms with Gasteiger partial charge in [0.15, 0.2) is 0 Å². The van der Waals surface area contributed by atoms with E-state index in [0.29, 0.717) is 5.41 Å². The van der Waals surface area contributed by atoms with Gasteiger partial charge >= 0.3 is 0 Å². The maximum absolute atomic E-state index is 9.11. The molecular weight excluding hydrogens is 124 g/mol. The first-order valence-corrected chi connectivity index (χ1v) is 4.14. The second-order valence-corrected chi connectivity index (χ2v) is 4.30. The minimum Gasteiger partial charge on any atom is -0.393 e. The summed E-state index contributed by atoms with van der Waals surface area (Å²) in [7, 11) is 0. The molecule has 10 heavy (non-hydrogen) atoms. The first-order valence-electron chi connectivity index (χ1n) is 4.14. The number of hydrogen-bond donors (Lipinski definition) is 1. The van der Waals surface area contributed by atoms with Gasteiger partial charge in [0.1, 0.15) is 0 Å². The van der Waals surface area contributed by atoms with Crippen molar-refractivity contribution in [3.63, 3.8) is 0 Å². The van der Waals surface area contributed by atoms with E-state index in [2.05, 4.69) is 20.8 Å². The summed E-state index contributed by atoms with van der Waals surface area (Å²) < 4.78 is 0. The number of aliphatic hydroxyl groups excluding tert-OH is 1. The summed E-state index contributed by atoms with van der Waals surface area (Å²) in [6, 6.07) is 0. The van der Waals surface area contributed by atoms with Crippen molar-refractivity contribution in [1.29, 1.82) is 0 Å². The smallest absolute Gasteiger partial charge is 0.0515 e. The first-order chi connectivity index (χ1) is 4.46. The Hall–Kier alpha value is -0.0400. The van der Waals surface area contributed by atoms with Crippen molar-refractivity contribution in [3.8, 4) is 0 Å². The molecule has 0 bridgehead atoms. The Kier molecular flexibility index (Phi) is 1.80. The maximum atomic E-state index is 9.11. The molecule has 1 rings (SSSR count). The zero-order chi connectivity index (χ0) is 7.94. The number of hydrogen-bond acceptors (Lipinski definition) is 1. The Bertz CT molecular complexity index is 127. The lowest BCUT2D eigenvalue weighted by Crippen LogP contribution is -2.03. The summed E-state index contributed by atoms with van der Waals surface area (Å²) in [5.41, 5.74) is 0.497. The van der Waals surface area contributed by atoms with Crippen LogP contribution >= 0.6 is 0 Å². The van der Waals surface area contributed by atoms with Crippen LogP contribution in [0.25, 0.3) is 0 Å². The molecular formula is C9H18O. The quantitative estimate of drug-likeness (QED) is 0.625. The predicted molar refractivity (Wildman–Crippen MR) is 42.7 cm³/mol. The minimum atomic E-state index is -0.116.